The van der Waals surface area contributed by atoms with Crippen molar-refractivity contribution in [3.05, 3.63) is 72.6 Å². The lowest BCUT2D eigenvalue weighted by Crippen LogP contribution is -2.46. The van der Waals surface area contributed by atoms with Crippen LogP contribution in [0.5, 0.6) is 0 Å². The predicted molar refractivity (Wildman–Crippen MR) is 351 cm³/mol. The van der Waals surface area contributed by atoms with Gasteiger partial charge in [0, 0.05) is 39.5 Å². The second-order valence-electron chi connectivity index (χ2n) is 28.4. The highest BCUT2D eigenvalue weighted by molar-refractivity contribution is 6.08. The summed E-state index contributed by atoms with van der Waals surface area (Å²) in [5.74, 6) is -2.28. The van der Waals surface area contributed by atoms with Gasteiger partial charge < -0.3 is 76.6 Å². The van der Waals surface area contributed by atoms with Gasteiger partial charge in [0.05, 0.1) is 114 Å². The molecule has 6 aliphatic heterocycles. The number of imide groups is 2. The lowest BCUT2D eigenvalue weighted by atomic mass is 9.77. The number of likely N-dealkylation sites (tertiary alicyclic amines) is 2. The molecule has 6 aliphatic rings. The lowest BCUT2D eigenvalue weighted by molar-refractivity contribution is -0.149. The summed E-state index contributed by atoms with van der Waals surface area (Å²) >= 11 is 0. The van der Waals surface area contributed by atoms with Crippen molar-refractivity contribution in [3.8, 4) is 0 Å². The Hall–Kier alpha value is -4.24. The number of rotatable bonds is 57. The fourth-order valence-corrected chi connectivity index (χ4v) is 14.5. The number of fused-ring (bicyclic) bond motifs is 10. The third-order valence-corrected chi connectivity index (χ3v) is 19.3. The van der Waals surface area contributed by atoms with E-state index in [0.29, 0.717) is 52.5 Å². The summed E-state index contributed by atoms with van der Waals surface area (Å²) in [6.45, 7) is 10.9. The largest absolute Gasteiger partial charge is 0.467 e. The quantitative estimate of drug-likeness (QED) is 0.0273. The average Bonchev–Trinajstić information content (AvgIpc) is 1.55. The Bertz CT molecular complexity index is 2580. The van der Waals surface area contributed by atoms with Gasteiger partial charge in [-0.25, -0.2) is 0 Å². The molecule has 4 N–H and O–H groups in total. The molecule has 2 aromatic rings. The maximum Gasteiger partial charge on any atom is 0.236 e. The molecule has 4 saturated heterocycles. The van der Waals surface area contributed by atoms with E-state index in [9.17, 15) is 39.6 Å². The standard InChI is InChI=1S/C73H114N2O20/c1-54(30-33-74-67(80)63-61-28-31-72(94-61,65(63)69(74)82)52-90-47-57(78)43-86-36-22-18-14-10-6-4-8-12-16-20-34-84-41-55(76)45-88-49-59-26-24-38-92-59)40-71(2,3)51-75-68(81)64-62-29-32-73(95-62,66(64)70(75)83)53-91-48-58(79)44-87-37-23-19-15-11-7-5-9-13-17-21-35-85-42-56(77)46-89-50-60-27-25-39-93-60/h24-29,31-32,38-39,54-58,61-66,76-79H,4-23,30,33-37,40-53H2,1-3H3. The molecule has 13 atom stereocenters. The monoisotopic (exact) mass is 1340 g/mol. The van der Waals surface area contributed by atoms with Gasteiger partial charge in [0.2, 0.25) is 23.6 Å². The van der Waals surface area contributed by atoms with E-state index >= 15 is 0 Å². The number of carbonyl (C=O) groups excluding carboxylic acids is 4. The van der Waals surface area contributed by atoms with Crippen molar-refractivity contribution in [3.63, 3.8) is 0 Å². The number of hydrogen-bond acceptors (Lipinski definition) is 20. The van der Waals surface area contributed by atoms with E-state index in [1.165, 1.54) is 74.0 Å². The predicted octanol–water partition coefficient (Wildman–Crippen LogP) is 9.01. The number of aliphatic hydroxyl groups excluding tert-OH is 4. The summed E-state index contributed by atoms with van der Waals surface area (Å²) in [7, 11) is 0. The summed E-state index contributed by atoms with van der Waals surface area (Å²) < 4.78 is 68.6. The molecule has 0 aliphatic carbocycles. The third-order valence-electron chi connectivity index (χ3n) is 19.3. The van der Waals surface area contributed by atoms with Crippen LogP contribution in [0, 0.1) is 35.0 Å². The van der Waals surface area contributed by atoms with E-state index < -0.39 is 76.9 Å². The van der Waals surface area contributed by atoms with Gasteiger partial charge in [-0.05, 0) is 74.1 Å². The highest BCUT2D eigenvalue weighted by atomic mass is 16.6. The minimum Gasteiger partial charge on any atom is -0.467 e. The van der Waals surface area contributed by atoms with Crippen LogP contribution in [0.4, 0.5) is 0 Å². The first-order chi connectivity index (χ1) is 46.1. The Balaban J connectivity index is 0.609. The van der Waals surface area contributed by atoms with E-state index in [-0.39, 0.29) is 109 Å². The van der Waals surface area contributed by atoms with E-state index in [1.807, 2.05) is 50.3 Å². The zero-order valence-corrected chi connectivity index (χ0v) is 57.1. The number of nitrogens with zero attached hydrogens (tertiary/aromatic N) is 2. The van der Waals surface area contributed by atoms with Crippen molar-refractivity contribution in [1.29, 1.82) is 0 Å². The van der Waals surface area contributed by atoms with Crippen LogP contribution in [0.1, 0.15) is 174 Å². The fourth-order valence-electron chi connectivity index (χ4n) is 14.5. The molecular weight excluding hydrogens is 1220 g/mol. The molecule has 4 amide bonds. The van der Waals surface area contributed by atoms with Crippen molar-refractivity contribution in [1.82, 2.24) is 9.80 Å². The molecule has 13 unspecified atom stereocenters. The summed E-state index contributed by atoms with van der Waals surface area (Å²) in [5, 5.41) is 41.4. The van der Waals surface area contributed by atoms with Crippen LogP contribution in [0.3, 0.4) is 0 Å². The highest BCUT2D eigenvalue weighted by Gasteiger charge is 2.69. The van der Waals surface area contributed by atoms with Crippen LogP contribution in [-0.2, 0) is 79.8 Å². The van der Waals surface area contributed by atoms with Crippen molar-refractivity contribution in [2.24, 2.45) is 35.0 Å². The Morgan fingerprint density at radius 2 is 0.800 bits per heavy atom. The topological polar surface area (TPSA) is 274 Å². The molecule has 0 saturated carbocycles. The number of carbonyl (C=O) groups is 4. The van der Waals surface area contributed by atoms with Crippen LogP contribution >= 0.6 is 0 Å². The molecule has 0 spiro atoms. The molecule has 22 nitrogen and oxygen atoms in total. The molecule has 4 bridgehead atoms. The Labute approximate surface area is 563 Å². The fraction of sp³-hybridized carbons (Fsp3) is 0.781. The molecule has 2 aromatic heterocycles. The van der Waals surface area contributed by atoms with E-state index in [0.717, 1.165) is 75.7 Å². The van der Waals surface area contributed by atoms with Crippen molar-refractivity contribution in [2.75, 3.05) is 106 Å². The Kier molecular flexibility index (Phi) is 32.3. The second kappa shape index (κ2) is 40.1. The molecule has 22 heteroatoms. The first-order valence-corrected chi connectivity index (χ1v) is 35.9. The van der Waals surface area contributed by atoms with Crippen molar-refractivity contribution in [2.45, 2.75) is 223 Å². The smallest absolute Gasteiger partial charge is 0.236 e. The van der Waals surface area contributed by atoms with Crippen molar-refractivity contribution < 1.29 is 95.8 Å². The Morgan fingerprint density at radius 1 is 0.463 bits per heavy atom. The zero-order valence-electron chi connectivity index (χ0n) is 57.1. The maximum absolute atomic E-state index is 14.2. The number of amides is 4. The molecule has 8 rings (SSSR count). The van der Waals surface area contributed by atoms with Gasteiger partial charge in [0.15, 0.2) is 0 Å². The number of aliphatic hydroxyl groups is 4. The number of unbranched alkanes of at least 4 members (excludes halogenated alkanes) is 18. The van der Waals surface area contributed by atoms with Gasteiger partial charge in [-0.3, -0.25) is 29.0 Å². The number of furan rings is 2. The van der Waals surface area contributed by atoms with Crippen LogP contribution in [-0.4, -0.2) is 207 Å². The van der Waals surface area contributed by atoms with Gasteiger partial charge in [-0.2, -0.15) is 0 Å². The summed E-state index contributed by atoms with van der Waals surface area (Å²) in [6, 6.07) is 7.28. The van der Waals surface area contributed by atoms with Gasteiger partial charge in [-0.15, -0.1) is 0 Å². The zero-order chi connectivity index (χ0) is 67.3. The van der Waals surface area contributed by atoms with E-state index in [1.54, 1.807) is 24.7 Å². The van der Waals surface area contributed by atoms with Gasteiger partial charge in [-0.1, -0.05) is 148 Å². The van der Waals surface area contributed by atoms with Crippen LogP contribution in [0.25, 0.3) is 0 Å². The summed E-state index contributed by atoms with van der Waals surface area (Å²) in [6.07, 6.45) is 30.1. The first-order valence-electron chi connectivity index (χ1n) is 35.9. The molecule has 4 fully saturated rings. The molecule has 0 radical (unpaired) electrons. The second-order valence-corrected chi connectivity index (χ2v) is 28.4. The molecule has 8 heterocycles. The molecular formula is C73H114N2O20. The van der Waals surface area contributed by atoms with Gasteiger partial charge >= 0.3 is 0 Å². The normalized spacial score (nSPS) is 25.1. The summed E-state index contributed by atoms with van der Waals surface area (Å²) in [4.78, 5) is 59.0. The Morgan fingerprint density at radius 3 is 1.17 bits per heavy atom. The highest BCUT2D eigenvalue weighted by Crippen LogP contribution is 2.54. The minimum absolute atomic E-state index is 0.00105. The molecule has 95 heavy (non-hydrogen) atoms. The third kappa shape index (κ3) is 23.7. The molecule has 0 aromatic carbocycles. The van der Waals surface area contributed by atoms with E-state index in [2.05, 4.69) is 6.92 Å². The first kappa shape index (κ1) is 76.5. The lowest BCUT2D eigenvalue weighted by Gasteiger charge is -2.34. The number of hydrogen-bond donors (Lipinski definition) is 4. The van der Waals surface area contributed by atoms with Crippen LogP contribution in [0.15, 0.2) is 69.9 Å². The summed E-state index contributed by atoms with van der Waals surface area (Å²) in [5.41, 5.74) is -2.67. The SMILES string of the molecule is CC(CCN1C(=O)C2C3C=CC(COCC(O)COCCCCCCCCCCCCOCC(O)COCc4ccco4)(O3)C2C1=O)CC(C)(C)CN1C(=O)C2C3C=CC(COCC(O)COCCCCCCCCCCCCOCC(O)COCc4ccco4)(O3)C2C1=O. The van der Waals surface area contributed by atoms with Crippen LogP contribution in [0.2, 0.25) is 0 Å². The maximum atomic E-state index is 14.2. The minimum atomic E-state index is -1.10. The van der Waals surface area contributed by atoms with Crippen LogP contribution < -0.4 is 0 Å². The van der Waals surface area contributed by atoms with Gasteiger partial charge in [0.1, 0.15) is 60.4 Å². The van der Waals surface area contributed by atoms with E-state index in [4.69, 9.17) is 56.2 Å². The van der Waals surface area contributed by atoms with Gasteiger partial charge in [0.25, 0.3) is 0 Å². The number of ether oxygens (including phenoxy) is 10. The molecule has 536 valence electrons. The van der Waals surface area contributed by atoms with Crippen molar-refractivity contribution >= 4 is 23.6 Å². The average molecular weight is 1340 g/mol.